The Balaban J connectivity index is 1.97. The van der Waals surface area contributed by atoms with Crippen LogP contribution < -0.4 is 0 Å². The summed E-state index contributed by atoms with van der Waals surface area (Å²) in [6, 6.07) is 0. The van der Waals surface area contributed by atoms with Crippen molar-refractivity contribution in [3.05, 3.63) is 11.1 Å². The van der Waals surface area contributed by atoms with Crippen LogP contribution in [0.1, 0.15) is 46.5 Å². The summed E-state index contributed by atoms with van der Waals surface area (Å²) in [4.78, 5) is 11.7. The molecule has 1 heterocycles. The first-order chi connectivity index (χ1) is 8.42. The molecule has 1 N–H and O–H groups in total. The largest absolute Gasteiger partial charge is 0.462 e. The third-order valence-corrected chi connectivity index (χ3v) is 5.52. The van der Waals surface area contributed by atoms with E-state index in [-0.39, 0.29) is 29.5 Å². The molecule has 0 aromatic carbocycles. The summed E-state index contributed by atoms with van der Waals surface area (Å²) in [5.41, 5.74) is 2.68. The second-order valence-electron chi connectivity index (χ2n) is 6.61. The molecule has 1 saturated carbocycles. The Morgan fingerprint density at radius 2 is 2.17 bits per heavy atom. The van der Waals surface area contributed by atoms with Gasteiger partial charge in [0.15, 0.2) is 0 Å². The normalized spacial score (nSPS) is 47.7. The number of carbonyl (C=O) groups is 1. The van der Waals surface area contributed by atoms with Gasteiger partial charge in [0.1, 0.15) is 6.10 Å². The fourth-order valence-electron chi connectivity index (χ4n) is 4.15. The van der Waals surface area contributed by atoms with E-state index >= 15 is 0 Å². The van der Waals surface area contributed by atoms with Gasteiger partial charge in [-0.25, -0.2) is 0 Å². The van der Waals surface area contributed by atoms with Crippen LogP contribution in [0.5, 0.6) is 0 Å². The van der Waals surface area contributed by atoms with Crippen LogP contribution in [0.4, 0.5) is 0 Å². The molecule has 0 radical (unpaired) electrons. The van der Waals surface area contributed by atoms with Crippen LogP contribution in [0.15, 0.2) is 11.1 Å². The SMILES string of the molecule is CC1=C2C[C@H]3[C@@H](C[C@@]2(C)CC[C@H]1O)OC(=O)[C@@H]3C. The van der Waals surface area contributed by atoms with Gasteiger partial charge in [0.2, 0.25) is 0 Å². The van der Waals surface area contributed by atoms with Crippen molar-refractivity contribution in [1.29, 1.82) is 0 Å². The number of carbonyl (C=O) groups excluding carboxylic acids is 1. The molecule has 3 heteroatoms. The van der Waals surface area contributed by atoms with Gasteiger partial charge in [-0.3, -0.25) is 4.79 Å². The number of rotatable bonds is 0. The standard InChI is InChI=1S/C15H22O3/c1-8-10-6-11-9(2)12(16)4-5-15(11,3)7-13(10)18-14(8)17/h8,10,12-13,16H,4-7H2,1-3H3/t8-,10-,12-,13-,15-/m1/s1. The summed E-state index contributed by atoms with van der Waals surface area (Å²) in [7, 11) is 0. The van der Waals surface area contributed by atoms with E-state index in [0.717, 1.165) is 31.3 Å². The molecule has 0 spiro atoms. The quantitative estimate of drug-likeness (QED) is 0.530. The Morgan fingerprint density at radius 3 is 2.89 bits per heavy atom. The van der Waals surface area contributed by atoms with E-state index in [1.54, 1.807) is 0 Å². The van der Waals surface area contributed by atoms with Gasteiger partial charge in [-0.1, -0.05) is 19.4 Å². The number of allylic oxidation sites excluding steroid dienone is 1. The molecule has 3 rings (SSSR count). The number of fused-ring (bicyclic) bond motifs is 2. The maximum atomic E-state index is 11.7. The number of aliphatic hydroxyl groups is 1. The number of ether oxygens (including phenoxy) is 1. The zero-order valence-corrected chi connectivity index (χ0v) is 11.4. The van der Waals surface area contributed by atoms with Gasteiger partial charge in [0, 0.05) is 5.92 Å². The van der Waals surface area contributed by atoms with E-state index in [0.29, 0.717) is 5.92 Å². The first-order valence-corrected chi connectivity index (χ1v) is 7.01. The van der Waals surface area contributed by atoms with Gasteiger partial charge in [-0.05, 0) is 43.6 Å². The summed E-state index contributed by atoms with van der Waals surface area (Å²) in [6.45, 7) is 6.30. The lowest BCUT2D eigenvalue weighted by atomic mass is 9.59. The average molecular weight is 250 g/mol. The minimum absolute atomic E-state index is 0.0129. The van der Waals surface area contributed by atoms with Gasteiger partial charge in [-0.15, -0.1) is 0 Å². The molecule has 3 nitrogen and oxygen atoms in total. The molecule has 3 aliphatic rings. The molecule has 18 heavy (non-hydrogen) atoms. The van der Waals surface area contributed by atoms with Crippen molar-refractivity contribution >= 4 is 5.97 Å². The van der Waals surface area contributed by atoms with Crippen LogP contribution in [0.2, 0.25) is 0 Å². The molecule has 100 valence electrons. The van der Waals surface area contributed by atoms with Crippen molar-refractivity contribution in [2.24, 2.45) is 17.3 Å². The van der Waals surface area contributed by atoms with Crippen LogP contribution in [-0.4, -0.2) is 23.3 Å². The monoisotopic (exact) mass is 250 g/mol. The van der Waals surface area contributed by atoms with E-state index in [1.807, 2.05) is 6.92 Å². The highest BCUT2D eigenvalue weighted by Gasteiger charge is 2.52. The first kappa shape index (κ1) is 12.2. The third kappa shape index (κ3) is 1.56. The summed E-state index contributed by atoms with van der Waals surface area (Å²) in [5.74, 6) is 0.297. The number of hydrogen-bond donors (Lipinski definition) is 1. The summed E-state index contributed by atoms with van der Waals surface area (Å²) in [6.07, 6.45) is 3.54. The molecule has 5 atom stereocenters. The van der Waals surface area contributed by atoms with Crippen LogP contribution in [-0.2, 0) is 9.53 Å². The van der Waals surface area contributed by atoms with Crippen molar-refractivity contribution in [3.8, 4) is 0 Å². The summed E-state index contributed by atoms with van der Waals surface area (Å²) < 4.78 is 5.53. The van der Waals surface area contributed by atoms with Crippen LogP contribution >= 0.6 is 0 Å². The maximum Gasteiger partial charge on any atom is 0.309 e. The molecular formula is C15H22O3. The summed E-state index contributed by atoms with van der Waals surface area (Å²) in [5, 5.41) is 10.0. The highest BCUT2D eigenvalue weighted by atomic mass is 16.6. The van der Waals surface area contributed by atoms with Crippen molar-refractivity contribution < 1.29 is 14.6 Å². The van der Waals surface area contributed by atoms with E-state index in [2.05, 4.69) is 13.8 Å². The predicted molar refractivity (Wildman–Crippen MR) is 67.8 cm³/mol. The van der Waals surface area contributed by atoms with E-state index < -0.39 is 0 Å². The highest BCUT2D eigenvalue weighted by molar-refractivity contribution is 5.75. The molecule has 0 amide bonds. The molecule has 1 saturated heterocycles. The van der Waals surface area contributed by atoms with E-state index in [4.69, 9.17) is 4.74 Å². The number of aliphatic hydroxyl groups excluding tert-OH is 1. The maximum absolute atomic E-state index is 11.7. The predicted octanol–water partition coefficient (Wildman–Crippen LogP) is 2.44. The zero-order chi connectivity index (χ0) is 13.1. The van der Waals surface area contributed by atoms with Crippen molar-refractivity contribution in [3.63, 3.8) is 0 Å². The second-order valence-corrected chi connectivity index (χ2v) is 6.61. The lowest BCUT2D eigenvalue weighted by Crippen LogP contribution is -2.41. The van der Waals surface area contributed by atoms with Gasteiger partial charge < -0.3 is 9.84 Å². The first-order valence-electron chi connectivity index (χ1n) is 7.01. The molecule has 2 aliphatic carbocycles. The fourth-order valence-corrected chi connectivity index (χ4v) is 4.15. The van der Waals surface area contributed by atoms with Crippen molar-refractivity contribution in [2.75, 3.05) is 0 Å². The Morgan fingerprint density at radius 1 is 1.44 bits per heavy atom. The fraction of sp³-hybridized carbons (Fsp3) is 0.800. The van der Waals surface area contributed by atoms with Crippen molar-refractivity contribution in [2.45, 2.75) is 58.7 Å². The minimum Gasteiger partial charge on any atom is -0.462 e. The van der Waals surface area contributed by atoms with E-state index in [9.17, 15) is 9.90 Å². The zero-order valence-electron chi connectivity index (χ0n) is 11.4. The lowest BCUT2D eigenvalue weighted by Gasteiger charge is -2.46. The van der Waals surface area contributed by atoms with Gasteiger partial charge in [-0.2, -0.15) is 0 Å². The molecule has 0 aromatic rings. The number of hydrogen-bond acceptors (Lipinski definition) is 3. The third-order valence-electron chi connectivity index (χ3n) is 5.52. The molecule has 2 fully saturated rings. The van der Waals surface area contributed by atoms with Gasteiger partial charge in [0.25, 0.3) is 0 Å². The minimum atomic E-state index is -0.280. The Labute approximate surface area is 108 Å². The van der Waals surface area contributed by atoms with Gasteiger partial charge in [0.05, 0.1) is 12.0 Å². The molecular weight excluding hydrogens is 228 g/mol. The molecule has 0 aromatic heterocycles. The Hall–Kier alpha value is -0.830. The molecule has 1 aliphatic heterocycles. The lowest BCUT2D eigenvalue weighted by molar-refractivity contribution is -0.145. The Bertz CT molecular complexity index is 425. The summed E-state index contributed by atoms with van der Waals surface area (Å²) >= 11 is 0. The van der Waals surface area contributed by atoms with Crippen LogP contribution in [0.3, 0.4) is 0 Å². The molecule has 0 bridgehead atoms. The topological polar surface area (TPSA) is 46.5 Å². The molecule has 0 unspecified atom stereocenters. The average Bonchev–Trinajstić information content (AvgIpc) is 2.58. The van der Waals surface area contributed by atoms with Crippen LogP contribution in [0.25, 0.3) is 0 Å². The van der Waals surface area contributed by atoms with Gasteiger partial charge >= 0.3 is 5.97 Å². The smallest absolute Gasteiger partial charge is 0.309 e. The van der Waals surface area contributed by atoms with Crippen LogP contribution in [0, 0.1) is 17.3 Å². The Kier molecular flexibility index (Phi) is 2.60. The van der Waals surface area contributed by atoms with Crippen molar-refractivity contribution in [1.82, 2.24) is 0 Å². The number of esters is 1. The highest BCUT2D eigenvalue weighted by Crippen LogP contribution is 2.54. The second kappa shape index (κ2) is 3.83. The van der Waals surface area contributed by atoms with E-state index in [1.165, 1.54) is 5.57 Å².